The van der Waals surface area contributed by atoms with Crippen LogP contribution in [0.1, 0.15) is 47.5 Å². The van der Waals surface area contributed by atoms with E-state index in [1.165, 1.54) is 18.6 Å². The molecule has 0 saturated carbocycles. The van der Waals surface area contributed by atoms with Gasteiger partial charge in [-0.05, 0) is 32.1 Å². The molecule has 0 atom stereocenters. The Balaban J connectivity index is 2.53. The highest BCUT2D eigenvalue weighted by molar-refractivity contribution is 8.13. The summed E-state index contributed by atoms with van der Waals surface area (Å²) >= 11 is 1.86. The van der Waals surface area contributed by atoms with E-state index in [-0.39, 0.29) is 5.54 Å². The number of thioether (sulfide) groups is 1. The number of hydrogen-bond donors (Lipinski definition) is 1. The Hall–Kier alpha value is -0.180. The summed E-state index contributed by atoms with van der Waals surface area (Å²) in [5.74, 6) is 1.19. The lowest BCUT2D eigenvalue weighted by atomic mass is 9.91. The molecule has 0 aliphatic carbocycles. The maximum absolute atomic E-state index is 4.69. The van der Waals surface area contributed by atoms with E-state index in [0.29, 0.717) is 5.41 Å². The van der Waals surface area contributed by atoms with Crippen molar-refractivity contribution in [2.75, 3.05) is 12.3 Å². The summed E-state index contributed by atoms with van der Waals surface area (Å²) in [6, 6.07) is 0. The first-order chi connectivity index (χ1) is 6.85. The van der Waals surface area contributed by atoms with Gasteiger partial charge in [0.2, 0.25) is 0 Å². The molecule has 0 spiro atoms. The van der Waals surface area contributed by atoms with E-state index < -0.39 is 0 Å². The van der Waals surface area contributed by atoms with Crippen LogP contribution >= 0.6 is 11.8 Å². The Morgan fingerprint density at radius 1 is 1.47 bits per heavy atom. The van der Waals surface area contributed by atoms with Crippen LogP contribution in [0.25, 0.3) is 0 Å². The fraction of sp³-hybridized carbons (Fsp3) is 0.917. The molecule has 0 radical (unpaired) electrons. The van der Waals surface area contributed by atoms with Crippen molar-refractivity contribution < 1.29 is 0 Å². The van der Waals surface area contributed by atoms with Crippen LogP contribution in [0.3, 0.4) is 0 Å². The minimum Gasteiger partial charge on any atom is -0.360 e. The summed E-state index contributed by atoms with van der Waals surface area (Å²) in [4.78, 5) is 4.69. The zero-order valence-corrected chi connectivity index (χ0v) is 11.5. The van der Waals surface area contributed by atoms with E-state index in [2.05, 4.69) is 44.9 Å². The molecule has 0 bridgehead atoms. The first-order valence-corrected chi connectivity index (χ1v) is 6.79. The molecule has 0 aromatic carbocycles. The molecule has 15 heavy (non-hydrogen) atoms. The summed E-state index contributed by atoms with van der Waals surface area (Å²) in [7, 11) is 0. The third kappa shape index (κ3) is 4.45. The Morgan fingerprint density at radius 3 is 2.67 bits per heavy atom. The molecule has 1 fully saturated rings. The average Bonchev–Trinajstić information content (AvgIpc) is 2.14. The monoisotopic (exact) mass is 228 g/mol. The second-order valence-electron chi connectivity index (χ2n) is 5.75. The third-order valence-electron chi connectivity index (χ3n) is 3.02. The van der Waals surface area contributed by atoms with Crippen LogP contribution in [0, 0.1) is 5.41 Å². The van der Waals surface area contributed by atoms with Crippen molar-refractivity contribution in [2.45, 2.75) is 53.0 Å². The first kappa shape index (κ1) is 12.9. The SMILES string of the molecule is CCC(C)(C)CN=C1NC(C)(C)CCS1. The topological polar surface area (TPSA) is 24.4 Å². The van der Waals surface area contributed by atoms with Crippen molar-refractivity contribution in [3.63, 3.8) is 0 Å². The lowest BCUT2D eigenvalue weighted by Crippen LogP contribution is -2.46. The molecule has 3 heteroatoms. The molecule has 2 nitrogen and oxygen atoms in total. The Labute approximate surface area is 98.3 Å². The molecule has 1 aliphatic heterocycles. The average molecular weight is 228 g/mol. The van der Waals surface area contributed by atoms with Gasteiger partial charge in [-0.15, -0.1) is 0 Å². The summed E-state index contributed by atoms with van der Waals surface area (Å²) in [6.45, 7) is 12.2. The lowest BCUT2D eigenvalue weighted by molar-refractivity contribution is 0.364. The number of amidine groups is 1. The van der Waals surface area contributed by atoms with E-state index in [9.17, 15) is 0 Å². The van der Waals surface area contributed by atoms with Crippen LogP contribution in [0.5, 0.6) is 0 Å². The quantitative estimate of drug-likeness (QED) is 0.801. The highest BCUT2D eigenvalue weighted by Gasteiger charge is 2.24. The van der Waals surface area contributed by atoms with Gasteiger partial charge in [-0.25, -0.2) is 0 Å². The molecule has 1 rings (SSSR count). The Morgan fingerprint density at radius 2 is 2.13 bits per heavy atom. The van der Waals surface area contributed by atoms with Crippen LogP contribution in [-0.2, 0) is 0 Å². The fourth-order valence-corrected chi connectivity index (χ4v) is 2.58. The van der Waals surface area contributed by atoms with Crippen molar-refractivity contribution in [1.82, 2.24) is 5.32 Å². The Bertz CT molecular complexity index is 244. The van der Waals surface area contributed by atoms with E-state index >= 15 is 0 Å². The highest BCUT2D eigenvalue weighted by atomic mass is 32.2. The van der Waals surface area contributed by atoms with Crippen LogP contribution in [0.15, 0.2) is 4.99 Å². The number of aliphatic imine (C=N–C) groups is 1. The van der Waals surface area contributed by atoms with Crippen molar-refractivity contribution in [1.29, 1.82) is 0 Å². The van der Waals surface area contributed by atoms with Gasteiger partial charge in [0.15, 0.2) is 5.17 Å². The number of hydrogen-bond acceptors (Lipinski definition) is 2. The molecule has 0 aromatic heterocycles. The van der Waals surface area contributed by atoms with Gasteiger partial charge in [-0.2, -0.15) is 0 Å². The molecule has 1 aliphatic rings. The predicted octanol–water partition coefficient (Wildman–Crippen LogP) is 3.28. The zero-order valence-electron chi connectivity index (χ0n) is 10.7. The largest absolute Gasteiger partial charge is 0.360 e. The number of nitrogens with zero attached hydrogens (tertiary/aromatic N) is 1. The maximum atomic E-state index is 4.69. The molecule has 1 N–H and O–H groups in total. The number of nitrogens with one attached hydrogen (secondary N) is 1. The second-order valence-corrected chi connectivity index (χ2v) is 6.83. The molecule has 1 saturated heterocycles. The normalized spacial score (nSPS) is 23.9. The standard InChI is InChI=1S/C12H24N2S/c1-6-11(2,3)9-13-10-14-12(4,5)7-8-15-10/h6-9H2,1-5H3,(H,13,14). The van der Waals surface area contributed by atoms with E-state index in [1.807, 2.05) is 11.8 Å². The van der Waals surface area contributed by atoms with Crippen LogP contribution in [-0.4, -0.2) is 23.0 Å². The van der Waals surface area contributed by atoms with E-state index in [0.717, 1.165) is 11.7 Å². The highest BCUT2D eigenvalue weighted by Crippen LogP contribution is 2.24. The minimum atomic E-state index is 0.223. The fourth-order valence-electron chi connectivity index (χ4n) is 1.27. The molecule has 1 heterocycles. The smallest absolute Gasteiger partial charge is 0.156 e. The van der Waals surface area contributed by atoms with Gasteiger partial charge in [0, 0.05) is 17.8 Å². The lowest BCUT2D eigenvalue weighted by Gasteiger charge is -2.33. The molecule has 0 unspecified atom stereocenters. The summed E-state index contributed by atoms with van der Waals surface area (Å²) in [5, 5.41) is 4.63. The summed E-state index contributed by atoms with van der Waals surface area (Å²) < 4.78 is 0. The molecule has 0 aromatic rings. The van der Waals surface area contributed by atoms with Crippen LogP contribution in [0.4, 0.5) is 0 Å². The molecule has 88 valence electrons. The Kier molecular flexibility index (Phi) is 4.10. The van der Waals surface area contributed by atoms with Gasteiger partial charge in [-0.1, -0.05) is 32.5 Å². The molecule has 0 amide bonds. The van der Waals surface area contributed by atoms with Crippen molar-refractivity contribution in [3.8, 4) is 0 Å². The van der Waals surface area contributed by atoms with Gasteiger partial charge in [0.05, 0.1) is 0 Å². The van der Waals surface area contributed by atoms with Gasteiger partial charge in [-0.3, -0.25) is 4.99 Å². The first-order valence-electron chi connectivity index (χ1n) is 5.80. The van der Waals surface area contributed by atoms with Crippen LogP contribution in [0.2, 0.25) is 0 Å². The predicted molar refractivity (Wildman–Crippen MR) is 70.7 cm³/mol. The van der Waals surface area contributed by atoms with Crippen LogP contribution < -0.4 is 5.32 Å². The van der Waals surface area contributed by atoms with E-state index in [1.54, 1.807) is 0 Å². The van der Waals surface area contributed by atoms with Gasteiger partial charge >= 0.3 is 0 Å². The van der Waals surface area contributed by atoms with Gasteiger partial charge in [0.25, 0.3) is 0 Å². The van der Waals surface area contributed by atoms with Gasteiger partial charge in [0.1, 0.15) is 0 Å². The van der Waals surface area contributed by atoms with Gasteiger partial charge < -0.3 is 5.32 Å². The summed E-state index contributed by atoms with van der Waals surface area (Å²) in [6.07, 6.45) is 2.39. The van der Waals surface area contributed by atoms with Crippen molar-refractivity contribution in [3.05, 3.63) is 0 Å². The maximum Gasteiger partial charge on any atom is 0.156 e. The molecular weight excluding hydrogens is 204 g/mol. The zero-order chi connectivity index (χ0) is 11.5. The van der Waals surface area contributed by atoms with Crippen molar-refractivity contribution >= 4 is 16.9 Å². The second kappa shape index (κ2) is 4.77. The minimum absolute atomic E-state index is 0.223. The van der Waals surface area contributed by atoms with E-state index in [4.69, 9.17) is 0 Å². The number of rotatable bonds is 3. The summed E-state index contributed by atoms with van der Waals surface area (Å²) in [5.41, 5.74) is 0.553. The van der Waals surface area contributed by atoms with Crippen molar-refractivity contribution in [2.24, 2.45) is 10.4 Å². The molecular formula is C12H24N2S. The third-order valence-corrected chi connectivity index (χ3v) is 3.93.